The third-order valence-electron chi connectivity index (χ3n) is 3.52. The molecule has 0 radical (unpaired) electrons. The molecule has 7 heteroatoms. The molecule has 0 bridgehead atoms. The van der Waals surface area contributed by atoms with E-state index in [1.807, 2.05) is 0 Å². The minimum absolute atomic E-state index is 0.267. The van der Waals surface area contributed by atoms with Gasteiger partial charge in [0.1, 0.15) is 0 Å². The Kier molecular flexibility index (Phi) is 4.09. The first-order valence-electron chi connectivity index (χ1n) is 6.02. The largest absolute Gasteiger partial charge is 0.465 e. The number of aliphatic hydroxyl groups is 1. The third kappa shape index (κ3) is 2.23. The van der Waals surface area contributed by atoms with Gasteiger partial charge in [0, 0.05) is 11.5 Å². The second-order valence-electron chi connectivity index (χ2n) is 5.61. The number of carboxylic acid groups (broad SMARTS) is 1. The smallest absolute Gasteiger partial charge is 0.408 e. The van der Waals surface area contributed by atoms with Gasteiger partial charge in [-0.3, -0.25) is 4.90 Å². The molecule has 2 unspecified atom stereocenters. The van der Waals surface area contributed by atoms with E-state index in [0.29, 0.717) is 19.3 Å². The number of aliphatic hydroxyl groups excluding tert-OH is 1. The minimum Gasteiger partial charge on any atom is -0.465 e. The van der Waals surface area contributed by atoms with Gasteiger partial charge in [-0.15, -0.1) is 0 Å². The summed E-state index contributed by atoms with van der Waals surface area (Å²) in [7, 11) is 0. The van der Waals surface area contributed by atoms with E-state index in [0.717, 1.165) is 4.90 Å². The quantitative estimate of drug-likeness (QED) is 0.427. The van der Waals surface area contributed by atoms with Crippen molar-refractivity contribution in [2.75, 3.05) is 6.54 Å². The van der Waals surface area contributed by atoms with Gasteiger partial charge in [-0.2, -0.15) is 0 Å². The van der Waals surface area contributed by atoms with Gasteiger partial charge in [-0.25, -0.2) is 4.79 Å². The molecule has 0 aliphatic carbocycles. The molecule has 0 aromatic carbocycles. The summed E-state index contributed by atoms with van der Waals surface area (Å²) >= 11 is 0. The van der Waals surface area contributed by atoms with Crippen molar-refractivity contribution < 1.29 is 15.0 Å². The maximum Gasteiger partial charge on any atom is 0.408 e. The van der Waals surface area contributed by atoms with E-state index in [9.17, 15) is 15.0 Å². The molecule has 2 atom stereocenters. The number of azide groups is 1. The van der Waals surface area contributed by atoms with Gasteiger partial charge in [-0.05, 0) is 30.2 Å². The van der Waals surface area contributed by atoms with Gasteiger partial charge < -0.3 is 10.2 Å². The zero-order chi connectivity index (χ0) is 14.0. The van der Waals surface area contributed by atoms with Crippen LogP contribution in [0, 0.1) is 5.41 Å². The van der Waals surface area contributed by atoms with Gasteiger partial charge >= 0.3 is 6.09 Å². The van der Waals surface area contributed by atoms with Gasteiger partial charge in [0.25, 0.3) is 0 Å². The fraction of sp³-hybridized carbons (Fsp3) is 0.909. The lowest BCUT2D eigenvalue weighted by Gasteiger charge is -2.49. The molecule has 1 heterocycles. The highest BCUT2D eigenvalue weighted by Crippen LogP contribution is 2.43. The molecule has 1 amide bonds. The van der Waals surface area contributed by atoms with E-state index in [2.05, 4.69) is 10.0 Å². The van der Waals surface area contributed by atoms with E-state index in [1.165, 1.54) is 0 Å². The molecule has 18 heavy (non-hydrogen) atoms. The summed E-state index contributed by atoms with van der Waals surface area (Å²) < 4.78 is 0. The standard InChI is InChI=1S/C11H20N4O3/c1-10(2,3)11(13-14-12)8(16)6-4-5-7-15(11)9(17)18/h8,16H,4-7H2,1-3H3,(H,17,18). The molecule has 1 saturated heterocycles. The van der Waals surface area contributed by atoms with E-state index >= 15 is 0 Å². The Balaban J connectivity index is 3.44. The molecular weight excluding hydrogens is 236 g/mol. The Bertz CT molecular complexity index is 373. The molecular formula is C11H20N4O3. The molecule has 7 nitrogen and oxygen atoms in total. The summed E-state index contributed by atoms with van der Waals surface area (Å²) in [6.07, 6.45) is -0.364. The average Bonchev–Trinajstić information content (AvgIpc) is 2.39. The number of carbonyl (C=O) groups is 1. The Labute approximate surface area is 106 Å². The summed E-state index contributed by atoms with van der Waals surface area (Å²) in [6, 6.07) is 0. The fourth-order valence-corrected chi connectivity index (χ4v) is 2.64. The van der Waals surface area contributed by atoms with Crippen molar-refractivity contribution in [3.63, 3.8) is 0 Å². The molecule has 2 N–H and O–H groups in total. The fourth-order valence-electron chi connectivity index (χ4n) is 2.64. The van der Waals surface area contributed by atoms with E-state index in [1.54, 1.807) is 20.8 Å². The lowest BCUT2D eigenvalue weighted by molar-refractivity contribution is -0.0756. The Morgan fingerprint density at radius 2 is 2.11 bits per heavy atom. The van der Waals surface area contributed by atoms with Crippen LogP contribution in [-0.2, 0) is 0 Å². The topological polar surface area (TPSA) is 110 Å². The lowest BCUT2D eigenvalue weighted by Crippen LogP contribution is -2.63. The van der Waals surface area contributed by atoms with Crippen molar-refractivity contribution in [1.82, 2.24) is 4.90 Å². The number of rotatable bonds is 1. The van der Waals surface area contributed by atoms with Gasteiger partial charge in [0.2, 0.25) is 0 Å². The number of nitrogens with zero attached hydrogens (tertiary/aromatic N) is 4. The van der Waals surface area contributed by atoms with Gasteiger partial charge in [0.15, 0.2) is 5.66 Å². The molecule has 102 valence electrons. The van der Waals surface area contributed by atoms with E-state index in [4.69, 9.17) is 5.53 Å². The Morgan fingerprint density at radius 1 is 1.50 bits per heavy atom. The summed E-state index contributed by atoms with van der Waals surface area (Å²) in [5.41, 5.74) is 6.64. The second-order valence-corrected chi connectivity index (χ2v) is 5.61. The van der Waals surface area contributed by atoms with Crippen LogP contribution in [0.3, 0.4) is 0 Å². The lowest BCUT2D eigenvalue weighted by atomic mass is 9.75. The minimum atomic E-state index is -1.45. The SMILES string of the molecule is CC(C)(C)C1(N=[N+]=[N-])C(O)CCCCN1C(=O)O. The van der Waals surface area contributed by atoms with Crippen LogP contribution in [0.15, 0.2) is 5.11 Å². The highest BCUT2D eigenvalue weighted by molar-refractivity contribution is 5.66. The van der Waals surface area contributed by atoms with Crippen LogP contribution in [0.1, 0.15) is 40.0 Å². The van der Waals surface area contributed by atoms with Crippen LogP contribution in [0.5, 0.6) is 0 Å². The van der Waals surface area contributed by atoms with Gasteiger partial charge in [-0.1, -0.05) is 25.9 Å². The van der Waals surface area contributed by atoms with Crippen molar-refractivity contribution in [2.24, 2.45) is 10.5 Å². The first-order valence-corrected chi connectivity index (χ1v) is 6.02. The van der Waals surface area contributed by atoms with E-state index < -0.39 is 23.3 Å². The van der Waals surface area contributed by atoms with Crippen LogP contribution in [0.2, 0.25) is 0 Å². The maximum absolute atomic E-state index is 11.4. The number of amides is 1. The van der Waals surface area contributed by atoms with Crippen molar-refractivity contribution in [3.8, 4) is 0 Å². The molecule has 0 aromatic rings. The highest BCUT2D eigenvalue weighted by atomic mass is 16.4. The summed E-state index contributed by atoms with van der Waals surface area (Å²) in [5, 5.41) is 23.4. The summed E-state index contributed by atoms with van der Waals surface area (Å²) in [5.74, 6) is 0. The number of hydrogen-bond acceptors (Lipinski definition) is 3. The molecule has 0 saturated carbocycles. The maximum atomic E-state index is 11.4. The zero-order valence-corrected chi connectivity index (χ0v) is 11.0. The van der Waals surface area contributed by atoms with E-state index in [-0.39, 0.29) is 6.54 Å². The monoisotopic (exact) mass is 256 g/mol. The molecule has 0 spiro atoms. The summed E-state index contributed by atoms with van der Waals surface area (Å²) in [4.78, 5) is 15.3. The predicted octanol–water partition coefficient (Wildman–Crippen LogP) is 2.56. The second kappa shape index (κ2) is 5.04. The molecule has 1 rings (SSSR count). The Morgan fingerprint density at radius 3 is 2.56 bits per heavy atom. The Hall–Kier alpha value is -1.46. The van der Waals surface area contributed by atoms with Crippen LogP contribution in [-0.4, -0.2) is 39.5 Å². The molecule has 1 aliphatic rings. The van der Waals surface area contributed by atoms with Crippen LogP contribution in [0.4, 0.5) is 4.79 Å². The number of hydrogen-bond donors (Lipinski definition) is 2. The van der Waals surface area contributed by atoms with Crippen LogP contribution in [0.25, 0.3) is 10.4 Å². The van der Waals surface area contributed by atoms with Gasteiger partial charge in [0.05, 0.1) is 6.10 Å². The first-order chi connectivity index (χ1) is 8.27. The van der Waals surface area contributed by atoms with Crippen molar-refractivity contribution in [3.05, 3.63) is 10.4 Å². The molecule has 0 aromatic heterocycles. The molecule has 1 fully saturated rings. The van der Waals surface area contributed by atoms with Crippen molar-refractivity contribution >= 4 is 6.09 Å². The van der Waals surface area contributed by atoms with Crippen LogP contribution < -0.4 is 0 Å². The third-order valence-corrected chi connectivity index (χ3v) is 3.52. The summed E-state index contributed by atoms with van der Waals surface area (Å²) in [6.45, 7) is 5.58. The predicted molar refractivity (Wildman–Crippen MR) is 65.9 cm³/mol. The van der Waals surface area contributed by atoms with Crippen molar-refractivity contribution in [2.45, 2.75) is 51.8 Å². The average molecular weight is 256 g/mol. The normalized spacial score (nSPS) is 29.3. The number of likely N-dealkylation sites (tertiary alicyclic amines) is 1. The van der Waals surface area contributed by atoms with Crippen molar-refractivity contribution in [1.29, 1.82) is 0 Å². The first kappa shape index (κ1) is 14.6. The van der Waals surface area contributed by atoms with Crippen LogP contribution >= 0.6 is 0 Å². The zero-order valence-electron chi connectivity index (χ0n) is 11.0. The highest BCUT2D eigenvalue weighted by Gasteiger charge is 2.54. The molecule has 1 aliphatic heterocycles.